The van der Waals surface area contributed by atoms with Crippen LogP contribution in [0.25, 0.3) is 0 Å². The van der Waals surface area contributed by atoms with Gasteiger partial charge in [-0.05, 0) is 48.2 Å². The Morgan fingerprint density at radius 1 is 1.00 bits per heavy atom. The normalized spacial score (nSPS) is 18.3. The second-order valence-electron chi connectivity index (χ2n) is 6.18. The number of hydrogen-bond donors (Lipinski definition) is 2. The van der Waals surface area contributed by atoms with E-state index in [1.54, 1.807) is 24.3 Å². The number of amides is 2. The highest BCUT2D eigenvalue weighted by molar-refractivity contribution is 6.42. The maximum Gasteiger partial charge on any atom is 0.251 e. The molecule has 4 nitrogen and oxygen atoms in total. The van der Waals surface area contributed by atoms with E-state index in [2.05, 4.69) is 10.6 Å². The minimum absolute atomic E-state index is 0.0527. The largest absolute Gasteiger partial charge is 0.354 e. The number of nitrogens with one attached hydrogen (secondary N) is 2. The van der Waals surface area contributed by atoms with E-state index < -0.39 is 0 Å². The Morgan fingerprint density at radius 2 is 1.69 bits per heavy atom. The number of hydrogen-bond acceptors (Lipinski definition) is 2. The third kappa shape index (κ3) is 4.54. The summed E-state index contributed by atoms with van der Waals surface area (Å²) >= 11 is 11.7. The summed E-state index contributed by atoms with van der Waals surface area (Å²) in [6.45, 7) is 0.636. The highest BCUT2D eigenvalue weighted by Crippen LogP contribution is 2.47. The van der Waals surface area contributed by atoms with Gasteiger partial charge in [-0.25, -0.2) is 4.39 Å². The van der Waals surface area contributed by atoms with E-state index in [-0.39, 0.29) is 29.5 Å². The second-order valence-corrected chi connectivity index (χ2v) is 6.99. The van der Waals surface area contributed by atoms with E-state index in [0.717, 1.165) is 12.0 Å². The van der Waals surface area contributed by atoms with Crippen LogP contribution in [-0.2, 0) is 4.79 Å². The van der Waals surface area contributed by atoms with Crippen LogP contribution in [0.3, 0.4) is 0 Å². The van der Waals surface area contributed by atoms with Crippen LogP contribution >= 0.6 is 23.2 Å². The van der Waals surface area contributed by atoms with Crippen LogP contribution in [0.15, 0.2) is 42.5 Å². The minimum atomic E-state index is -0.284. The zero-order valence-electron chi connectivity index (χ0n) is 13.8. The lowest BCUT2D eigenvalue weighted by Gasteiger charge is -2.08. The predicted octanol–water partition coefficient (Wildman–Crippen LogP) is 3.78. The van der Waals surface area contributed by atoms with Crippen LogP contribution in [0.1, 0.15) is 28.3 Å². The van der Waals surface area contributed by atoms with Crippen LogP contribution in [0.2, 0.25) is 10.0 Å². The number of halogens is 3. The first-order valence-corrected chi connectivity index (χ1v) is 8.97. The average Bonchev–Trinajstić information content (AvgIpc) is 3.42. The molecule has 2 amide bonds. The molecule has 2 N–H and O–H groups in total. The predicted molar refractivity (Wildman–Crippen MR) is 99.1 cm³/mol. The lowest BCUT2D eigenvalue weighted by molar-refractivity contribution is -0.122. The molecule has 2 aromatic carbocycles. The molecule has 0 aliphatic heterocycles. The highest BCUT2D eigenvalue weighted by Gasteiger charge is 2.43. The van der Waals surface area contributed by atoms with E-state index in [9.17, 15) is 14.0 Å². The molecule has 0 heterocycles. The van der Waals surface area contributed by atoms with Crippen molar-refractivity contribution in [1.29, 1.82) is 0 Å². The van der Waals surface area contributed by atoms with Crippen molar-refractivity contribution in [3.8, 4) is 0 Å². The van der Waals surface area contributed by atoms with Crippen molar-refractivity contribution >= 4 is 35.0 Å². The Kier molecular flexibility index (Phi) is 5.79. The topological polar surface area (TPSA) is 58.2 Å². The first kappa shape index (κ1) is 18.7. The van der Waals surface area contributed by atoms with Gasteiger partial charge in [-0.15, -0.1) is 0 Å². The quantitative estimate of drug-likeness (QED) is 0.732. The van der Waals surface area contributed by atoms with Gasteiger partial charge in [-0.3, -0.25) is 9.59 Å². The van der Waals surface area contributed by atoms with Gasteiger partial charge in [0.15, 0.2) is 0 Å². The lowest BCUT2D eigenvalue weighted by atomic mass is 10.1. The molecule has 3 rings (SSSR count). The van der Waals surface area contributed by atoms with Gasteiger partial charge in [0.05, 0.1) is 10.0 Å². The smallest absolute Gasteiger partial charge is 0.251 e. The Morgan fingerprint density at radius 3 is 2.38 bits per heavy atom. The molecule has 1 aliphatic carbocycles. The zero-order chi connectivity index (χ0) is 18.7. The fraction of sp³-hybridized carbons (Fsp3) is 0.263. The Bertz CT molecular complexity index is 827. The molecular formula is C19H17Cl2FN2O2. The summed E-state index contributed by atoms with van der Waals surface area (Å²) in [7, 11) is 0. The van der Waals surface area contributed by atoms with Crippen molar-refractivity contribution in [3.05, 3.63) is 69.5 Å². The zero-order valence-corrected chi connectivity index (χ0v) is 15.3. The van der Waals surface area contributed by atoms with Crippen molar-refractivity contribution in [2.24, 2.45) is 5.92 Å². The summed E-state index contributed by atoms with van der Waals surface area (Å²) in [4.78, 5) is 24.1. The summed E-state index contributed by atoms with van der Waals surface area (Å²) in [6.07, 6.45) is 0.757. The molecule has 136 valence electrons. The summed E-state index contributed by atoms with van der Waals surface area (Å²) in [5, 5.41) is 6.22. The van der Waals surface area contributed by atoms with E-state index in [1.165, 1.54) is 18.2 Å². The van der Waals surface area contributed by atoms with Gasteiger partial charge in [-0.2, -0.15) is 0 Å². The number of carbonyl (C=O) groups is 2. The summed E-state index contributed by atoms with van der Waals surface area (Å²) in [6, 6.07) is 10.9. The third-order valence-corrected chi connectivity index (χ3v) is 5.06. The average molecular weight is 395 g/mol. The molecule has 7 heteroatoms. The van der Waals surface area contributed by atoms with Crippen molar-refractivity contribution in [2.75, 3.05) is 13.1 Å². The fourth-order valence-corrected chi connectivity index (χ4v) is 3.09. The molecule has 0 radical (unpaired) electrons. The standard InChI is InChI=1S/C19H17Cl2FN2O2/c20-16-6-3-12(9-17(16)21)18(25)23-7-8-24-19(26)15-10-14(15)11-1-4-13(22)5-2-11/h1-6,9,14-15H,7-8,10H2,(H,23,25)(H,24,26). The van der Waals surface area contributed by atoms with Gasteiger partial charge in [0.25, 0.3) is 5.91 Å². The first-order chi connectivity index (χ1) is 12.5. The number of rotatable bonds is 6. The Balaban J connectivity index is 1.40. The van der Waals surface area contributed by atoms with Gasteiger partial charge in [0, 0.05) is 24.6 Å². The van der Waals surface area contributed by atoms with Crippen LogP contribution < -0.4 is 10.6 Å². The minimum Gasteiger partial charge on any atom is -0.354 e. The fourth-order valence-electron chi connectivity index (χ4n) is 2.80. The molecule has 2 aromatic rings. The second kappa shape index (κ2) is 8.06. The molecule has 1 fully saturated rings. The SMILES string of the molecule is O=C(NCCNC(=O)C1CC1c1ccc(F)cc1)c1ccc(Cl)c(Cl)c1. The summed E-state index contributed by atoms with van der Waals surface area (Å²) < 4.78 is 12.9. The highest BCUT2D eigenvalue weighted by atomic mass is 35.5. The molecule has 0 spiro atoms. The van der Waals surface area contributed by atoms with Gasteiger partial charge >= 0.3 is 0 Å². The van der Waals surface area contributed by atoms with Gasteiger partial charge in [0.2, 0.25) is 5.91 Å². The summed E-state index contributed by atoms with van der Waals surface area (Å²) in [5.41, 5.74) is 1.38. The van der Waals surface area contributed by atoms with E-state index in [0.29, 0.717) is 28.7 Å². The van der Waals surface area contributed by atoms with E-state index in [1.807, 2.05) is 0 Å². The molecule has 0 bridgehead atoms. The molecule has 1 saturated carbocycles. The molecular weight excluding hydrogens is 378 g/mol. The van der Waals surface area contributed by atoms with E-state index >= 15 is 0 Å². The molecule has 26 heavy (non-hydrogen) atoms. The van der Waals surface area contributed by atoms with Crippen LogP contribution in [0, 0.1) is 11.7 Å². The molecule has 1 aliphatic rings. The summed E-state index contributed by atoms with van der Waals surface area (Å²) in [5.74, 6) is -0.572. The third-order valence-electron chi connectivity index (χ3n) is 4.32. The number of benzene rings is 2. The lowest BCUT2D eigenvalue weighted by Crippen LogP contribution is -2.35. The van der Waals surface area contributed by atoms with Gasteiger partial charge in [-0.1, -0.05) is 35.3 Å². The van der Waals surface area contributed by atoms with Crippen molar-refractivity contribution in [1.82, 2.24) is 10.6 Å². The van der Waals surface area contributed by atoms with Crippen molar-refractivity contribution in [2.45, 2.75) is 12.3 Å². The molecule has 2 atom stereocenters. The van der Waals surface area contributed by atoms with Crippen LogP contribution in [0.4, 0.5) is 4.39 Å². The number of carbonyl (C=O) groups excluding carboxylic acids is 2. The van der Waals surface area contributed by atoms with Crippen LogP contribution in [-0.4, -0.2) is 24.9 Å². The van der Waals surface area contributed by atoms with E-state index in [4.69, 9.17) is 23.2 Å². The molecule has 0 aromatic heterocycles. The first-order valence-electron chi connectivity index (χ1n) is 8.22. The van der Waals surface area contributed by atoms with Gasteiger partial charge < -0.3 is 10.6 Å². The monoisotopic (exact) mass is 394 g/mol. The molecule has 0 saturated heterocycles. The van der Waals surface area contributed by atoms with Crippen molar-refractivity contribution < 1.29 is 14.0 Å². The van der Waals surface area contributed by atoms with Crippen LogP contribution in [0.5, 0.6) is 0 Å². The van der Waals surface area contributed by atoms with Gasteiger partial charge in [0.1, 0.15) is 5.82 Å². The maximum atomic E-state index is 12.9. The Labute approximate surface area is 160 Å². The van der Waals surface area contributed by atoms with Crippen molar-refractivity contribution in [3.63, 3.8) is 0 Å². The Hall–Kier alpha value is -2.11. The maximum absolute atomic E-state index is 12.9. The molecule has 2 unspecified atom stereocenters.